The summed E-state index contributed by atoms with van der Waals surface area (Å²) >= 11 is 4.17. The molecule has 13 heavy (non-hydrogen) atoms. The molecule has 1 rings (SSSR count). The van der Waals surface area contributed by atoms with Crippen molar-refractivity contribution in [1.29, 1.82) is 0 Å². The first-order valence-corrected chi connectivity index (χ1v) is 4.63. The van der Waals surface area contributed by atoms with Gasteiger partial charge in [0.05, 0.1) is 14.2 Å². The minimum Gasteiger partial charge on any atom is -0.497 e. The molecule has 74 valence electrons. The Morgan fingerprint density at radius 2 is 1.31 bits per heavy atom. The van der Waals surface area contributed by atoms with Crippen LogP contribution in [0.2, 0.25) is 0 Å². The molecule has 0 radical (unpaired) electrons. The first kappa shape index (κ1) is 12.2. The second kappa shape index (κ2) is 6.66. The van der Waals surface area contributed by atoms with Crippen LogP contribution < -0.4 is 9.47 Å². The van der Waals surface area contributed by atoms with E-state index in [9.17, 15) is 0 Å². The molecule has 0 aromatic heterocycles. The molecule has 0 amide bonds. The SMILES string of the molecule is CC.COc1cc(S)cc(OC)c1. The Morgan fingerprint density at radius 3 is 1.62 bits per heavy atom. The largest absolute Gasteiger partial charge is 0.497 e. The molecule has 0 bridgehead atoms. The van der Waals surface area contributed by atoms with Gasteiger partial charge in [-0.2, -0.15) is 0 Å². The summed E-state index contributed by atoms with van der Waals surface area (Å²) in [6, 6.07) is 5.46. The highest BCUT2D eigenvalue weighted by Gasteiger charge is 1.97. The Labute approximate surface area is 85.3 Å². The lowest BCUT2D eigenvalue weighted by Crippen LogP contribution is -1.86. The second-order valence-electron chi connectivity index (χ2n) is 2.07. The van der Waals surface area contributed by atoms with Gasteiger partial charge in [-0.3, -0.25) is 0 Å². The lowest BCUT2D eigenvalue weighted by Gasteiger charge is -2.04. The van der Waals surface area contributed by atoms with Crippen LogP contribution in [0.5, 0.6) is 11.5 Å². The van der Waals surface area contributed by atoms with Crippen molar-refractivity contribution in [1.82, 2.24) is 0 Å². The second-order valence-corrected chi connectivity index (χ2v) is 2.59. The van der Waals surface area contributed by atoms with Crippen LogP contribution in [0, 0.1) is 0 Å². The van der Waals surface area contributed by atoms with Crippen molar-refractivity contribution >= 4 is 12.6 Å². The van der Waals surface area contributed by atoms with E-state index in [4.69, 9.17) is 9.47 Å². The highest BCUT2D eigenvalue weighted by atomic mass is 32.1. The van der Waals surface area contributed by atoms with E-state index >= 15 is 0 Å². The highest BCUT2D eigenvalue weighted by Crippen LogP contribution is 2.23. The molecule has 0 unspecified atom stereocenters. The van der Waals surface area contributed by atoms with E-state index in [0.29, 0.717) is 0 Å². The van der Waals surface area contributed by atoms with Crippen LogP contribution in [0.4, 0.5) is 0 Å². The zero-order valence-corrected chi connectivity index (χ0v) is 9.39. The molecule has 0 saturated heterocycles. The fourth-order valence-corrected chi connectivity index (χ4v) is 1.05. The third kappa shape index (κ3) is 4.08. The summed E-state index contributed by atoms with van der Waals surface area (Å²) in [6.45, 7) is 4.00. The zero-order chi connectivity index (χ0) is 10.3. The van der Waals surface area contributed by atoms with Gasteiger partial charge in [-0.1, -0.05) is 13.8 Å². The summed E-state index contributed by atoms with van der Waals surface area (Å²) in [5, 5.41) is 0. The molecule has 1 aromatic rings. The predicted molar refractivity (Wildman–Crippen MR) is 58.1 cm³/mol. The fourth-order valence-electron chi connectivity index (χ4n) is 0.792. The van der Waals surface area contributed by atoms with E-state index in [1.165, 1.54) is 0 Å². The molecular weight excluding hydrogens is 184 g/mol. The van der Waals surface area contributed by atoms with Gasteiger partial charge >= 0.3 is 0 Å². The van der Waals surface area contributed by atoms with Crippen molar-refractivity contribution in [3.63, 3.8) is 0 Å². The molecule has 0 aliphatic rings. The Balaban J connectivity index is 0.000000671. The molecule has 0 atom stereocenters. The maximum atomic E-state index is 5.01. The molecule has 3 heteroatoms. The number of methoxy groups -OCH3 is 2. The van der Waals surface area contributed by atoms with Crippen molar-refractivity contribution in [2.45, 2.75) is 18.7 Å². The monoisotopic (exact) mass is 200 g/mol. The average Bonchev–Trinajstić information content (AvgIpc) is 2.20. The normalized spacial score (nSPS) is 8.38. The third-order valence-corrected chi connectivity index (χ3v) is 1.59. The number of rotatable bonds is 2. The first-order chi connectivity index (χ1) is 6.26. The molecule has 0 spiro atoms. The molecule has 0 fully saturated rings. The van der Waals surface area contributed by atoms with E-state index in [1.54, 1.807) is 20.3 Å². The molecule has 1 aromatic carbocycles. The minimum atomic E-state index is 0.759. The van der Waals surface area contributed by atoms with Gasteiger partial charge in [-0.05, 0) is 12.1 Å². The highest BCUT2D eigenvalue weighted by molar-refractivity contribution is 7.80. The van der Waals surface area contributed by atoms with E-state index < -0.39 is 0 Å². The summed E-state index contributed by atoms with van der Waals surface area (Å²) < 4.78 is 10.0. The van der Waals surface area contributed by atoms with E-state index in [-0.39, 0.29) is 0 Å². The number of benzene rings is 1. The number of hydrogen-bond acceptors (Lipinski definition) is 3. The average molecular weight is 200 g/mol. The maximum Gasteiger partial charge on any atom is 0.123 e. The van der Waals surface area contributed by atoms with Crippen LogP contribution in [0.1, 0.15) is 13.8 Å². The van der Waals surface area contributed by atoms with Gasteiger partial charge in [0.15, 0.2) is 0 Å². The number of hydrogen-bond donors (Lipinski definition) is 1. The van der Waals surface area contributed by atoms with Gasteiger partial charge in [-0.25, -0.2) is 0 Å². The molecule has 0 aliphatic heterocycles. The first-order valence-electron chi connectivity index (χ1n) is 4.18. The van der Waals surface area contributed by atoms with E-state index in [0.717, 1.165) is 16.4 Å². The van der Waals surface area contributed by atoms with Crippen LogP contribution in [-0.2, 0) is 0 Å². The maximum absolute atomic E-state index is 5.01. The zero-order valence-electron chi connectivity index (χ0n) is 8.50. The summed E-state index contributed by atoms with van der Waals surface area (Å²) in [4.78, 5) is 0.834. The van der Waals surface area contributed by atoms with Gasteiger partial charge in [0.1, 0.15) is 11.5 Å². The smallest absolute Gasteiger partial charge is 0.123 e. The Morgan fingerprint density at radius 1 is 0.923 bits per heavy atom. The summed E-state index contributed by atoms with van der Waals surface area (Å²) in [7, 11) is 3.23. The van der Waals surface area contributed by atoms with Crippen LogP contribution in [0.3, 0.4) is 0 Å². The lowest BCUT2D eigenvalue weighted by molar-refractivity contribution is 0.392. The van der Waals surface area contributed by atoms with Crippen molar-refractivity contribution in [3.05, 3.63) is 18.2 Å². The number of thiol groups is 1. The van der Waals surface area contributed by atoms with Crippen LogP contribution >= 0.6 is 12.6 Å². The van der Waals surface area contributed by atoms with Crippen LogP contribution in [0.25, 0.3) is 0 Å². The Hall–Kier alpha value is -0.830. The molecule has 2 nitrogen and oxygen atoms in total. The standard InChI is InChI=1S/C8H10O2S.C2H6/c1-9-6-3-7(10-2)5-8(11)4-6;1-2/h3-5,11H,1-2H3;1-2H3. The topological polar surface area (TPSA) is 18.5 Å². The van der Waals surface area contributed by atoms with Crippen molar-refractivity contribution < 1.29 is 9.47 Å². The van der Waals surface area contributed by atoms with Gasteiger partial charge < -0.3 is 9.47 Å². The molecule has 0 heterocycles. The van der Waals surface area contributed by atoms with Crippen molar-refractivity contribution in [2.75, 3.05) is 14.2 Å². The Kier molecular flexibility index (Phi) is 6.24. The number of ether oxygens (including phenoxy) is 2. The lowest BCUT2D eigenvalue weighted by atomic mass is 10.3. The third-order valence-electron chi connectivity index (χ3n) is 1.34. The predicted octanol–water partition coefficient (Wildman–Crippen LogP) is 3.02. The van der Waals surface area contributed by atoms with Crippen LogP contribution in [-0.4, -0.2) is 14.2 Å². The van der Waals surface area contributed by atoms with Crippen molar-refractivity contribution in [2.24, 2.45) is 0 Å². The summed E-state index contributed by atoms with van der Waals surface area (Å²) in [5.41, 5.74) is 0. The molecule has 0 aliphatic carbocycles. The van der Waals surface area contributed by atoms with E-state index in [1.807, 2.05) is 26.0 Å². The Bertz CT molecular complexity index is 226. The summed E-state index contributed by atoms with van der Waals surface area (Å²) in [6.07, 6.45) is 0. The molecule has 0 N–H and O–H groups in total. The van der Waals surface area contributed by atoms with Gasteiger partial charge in [0, 0.05) is 11.0 Å². The summed E-state index contributed by atoms with van der Waals surface area (Å²) in [5.74, 6) is 1.52. The van der Waals surface area contributed by atoms with Crippen LogP contribution in [0.15, 0.2) is 23.1 Å². The van der Waals surface area contributed by atoms with Crippen molar-refractivity contribution in [3.8, 4) is 11.5 Å². The molecule has 0 saturated carbocycles. The van der Waals surface area contributed by atoms with Gasteiger partial charge in [0.2, 0.25) is 0 Å². The quantitative estimate of drug-likeness (QED) is 0.740. The van der Waals surface area contributed by atoms with E-state index in [2.05, 4.69) is 12.6 Å². The van der Waals surface area contributed by atoms with Gasteiger partial charge in [-0.15, -0.1) is 12.6 Å². The minimum absolute atomic E-state index is 0.759. The molecular formula is C10H16O2S. The fraction of sp³-hybridized carbons (Fsp3) is 0.400. The van der Waals surface area contributed by atoms with Gasteiger partial charge in [0.25, 0.3) is 0 Å².